The molecule has 0 saturated carbocycles. The lowest BCUT2D eigenvalue weighted by molar-refractivity contribution is 0.0114. The highest BCUT2D eigenvalue weighted by molar-refractivity contribution is 5.74. The molecule has 7 heteroatoms. The molecule has 1 aromatic carbocycles. The molecule has 142 valence electrons. The average molecular weight is 368 g/mol. The van der Waals surface area contributed by atoms with E-state index < -0.39 is 0 Å². The van der Waals surface area contributed by atoms with E-state index >= 15 is 0 Å². The van der Waals surface area contributed by atoms with Crippen LogP contribution in [0.5, 0.6) is 11.6 Å². The molecule has 0 spiro atoms. The number of ether oxygens (including phenoxy) is 2. The Bertz CT molecular complexity index is 754. The summed E-state index contributed by atoms with van der Waals surface area (Å²) in [7, 11) is 0. The Balaban J connectivity index is 1.42. The Morgan fingerprint density at radius 1 is 1.00 bits per heavy atom. The van der Waals surface area contributed by atoms with Crippen molar-refractivity contribution < 1.29 is 14.3 Å². The van der Waals surface area contributed by atoms with Gasteiger partial charge in [-0.3, -0.25) is 9.69 Å². The highest BCUT2D eigenvalue weighted by Gasteiger charge is 2.27. The molecule has 0 radical (unpaired) electrons. The van der Waals surface area contributed by atoms with Crippen molar-refractivity contribution in [2.45, 2.75) is 18.9 Å². The highest BCUT2D eigenvalue weighted by atomic mass is 16.5. The van der Waals surface area contributed by atoms with Gasteiger partial charge < -0.3 is 14.4 Å². The van der Waals surface area contributed by atoms with Crippen LogP contribution in [-0.4, -0.2) is 66.6 Å². The van der Waals surface area contributed by atoms with Crippen LogP contribution >= 0.6 is 0 Å². The summed E-state index contributed by atoms with van der Waals surface area (Å²) in [6.07, 6.45) is 6.36. The van der Waals surface area contributed by atoms with Gasteiger partial charge in [0.25, 0.3) is 5.88 Å². The molecular weight excluding hydrogens is 344 g/mol. The maximum atomic E-state index is 10.8. The molecule has 4 rings (SSSR count). The fourth-order valence-electron chi connectivity index (χ4n) is 3.72. The zero-order chi connectivity index (χ0) is 18.5. The van der Waals surface area contributed by atoms with Crippen molar-refractivity contribution in [3.63, 3.8) is 0 Å². The minimum atomic E-state index is 0.501. The first kappa shape index (κ1) is 17.9. The normalized spacial score (nSPS) is 19.0. The van der Waals surface area contributed by atoms with Crippen molar-refractivity contribution in [1.82, 2.24) is 14.9 Å². The quantitative estimate of drug-likeness (QED) is 0.751. The number of aldehydes is 1. The van der Waals surface area contributed by atoms with Crippen molar-refractivity contribution in [3.8, 4) is 11.6 Å². The van der Waals surface area contributed by atoms with Gasteiger partial charge in [0.15, 0.2) is 5.82 Å². The fourth-order valence-corrected chi connectivity index (χ4v) is 3.72. The number of benzene rings is 1. The van der Waals surface area contributed by atoms with Crippen molar-refractivity contribution >= 4 is 12.1 Å². The third kappa shape index (κ3) is 4.26. The van der Waals surface area contributed by atoms with Crippen LogP contribution in [0.4, 0.5) is 5.82 Å². The molecule has 0 aliphatic carbocycles. The number of carbonyl (C=O) groups excluding carboxylic acids is 1. The topological polar surface area (TPSA) is 67.8 Å². The number of hydrogen-bond donors (Lipinski definition) is 0. The number of anilines is 1. The minimum absolute atomic E-state index is 0.501. The van der Waals surface area contributed by atoms with E-state index in [1.807, 2.05) is 0 Å². The van der Waals surface area contributed by atoms with Crippen molar-refractivity contribution in [2.24, 2.45) is 0 Å². The van der Waals surface area contributed by atoms with Crippen molar-refractivity contribution in [3.05, 3.63) is 42.2 Å². The molecular formula is C20H24N4O3. The zero-order valence-electron chi connectivity index (χ0n) is 15.3. The molecule has 0 unspecified atom stereocenters. The summed E-state index contributed by atoms with van der Waals surface area (Å²) in [5.74, 6) is 1.92. The summed E-state index contributed by atoms with van der Waals surface area (Å²) >= 11 is 0. The van der Waals surface area contributed by atoms with E-state index in [9.17, 15) is 4.79 Å². The molecule has 27 heavy (non-hydrogen) atoms. The lowest BCUT2D eigenvalue weighted by Crippen LogP contribution is -2.49. The summed E-state index contributed by atoms with van der Waals surface area (Å²) in [5, 5.41) is 0. The molecule has 2 aliphatic rings. The van der Waals surface area contributed by atoms with Crippen LogP contribution in [-0.2, 0) is 4.74 Å². The Morgan fingerprint density at radius 2 is 1.70 bits per heavy atom. The molecule has 3 heterocycles. The van der Waals surface area contributed by atoms with E-state index in [0.717, 1.165) is 64.3 Å². The molecule has 2 aromatic rings. The second kappa shape index (κ2) is 8.45. The van der Waals surface area contributed by atoms with Gasteiger partial charge in [-0.1, -0.05) is 0 Å². The third-order valence-corrected chi connectivity index (χ3v) is 5.20. The Hall–Kier alpha value is -2.51. The largest absolute Gasteiger partial charge is 0.436 e. The molecule has 0 amide bonds. The van der Waals surface area contributed by atoms with Crippen LogP contribution in [0.2, 0.25) is 0 Å². The number of piperidine rings is 1. The summed E-state index contributed by atoms with van der Waals surface area (Å²) in [5.41, 5.74) is 0.618. The third-order valence-electron chi connectivity index (χ3n) is 5.20. The van der Waals surface area contributed by atoms with Crippen molar-refractivity contribution in [2.75, 3.05) is 44.3 Å². The summed E-state index contributed by atoms with van der Waals surface area (Å²) < 4.78 is 11.4. The maximum Gasteiger partial charge on any atom is 0.263 e. The van der Waals surface area contributed by atoms with Crippen LogP contribution in [0.25, 0.3) is 0 Å². The smallest absolute Gasteiger partial charge is 0.263 e. The van der Waals surface area contributed by atoms with Crippen LogP contribution in [0.3, 0.4) is 0 Å². The van der Waals surface area contributed by atoms with Crippen LogP contribution in [0, 0.1) is 0 Å². The van der Waals surface area contributed by atoms with Gasteiger partial charge in [-0.25, -0.2) is 9.97 Å². The molecule has 7 nitrogen and oxygen atoms in total. The zero-order valence-corrected chi connectivity index (χ0v) is 15.3. The van der Waals surface area contributed by atoms with Gasteiger partial charge in [0.2, 0.25) is 0 Å². The summed E-state index contributed by atoms with van der Waals surface area (Å²) in [6.45, 7) is 5.60. The predicted octanol–water partition coefficient (Wildman–Crippen LogP) is 2.38. The van der Waals surface area contributed by atoms with Gasteiger partial charge in [0, 0.05) is 50.2 Å². The monoisotopic (exact) mass is 368 g/mol. The molecule has 0 N–H and O–H groups in total. The second-order valence-corrected chi connectivity index (χ2v) is 6.84. The van der Waals surface area contributed by atoms with E-state index in [4.69, 9.17) is 9.47 Å². The van der Waals surface area contributed by atoms with Gasteiger partial charge in [-0.2, -0.15) is 0 Å². The molecule has 1 aromatic heterocycles. The number of morpholine rings is 1. The van der Waals surface area contributed by atoms with Gasteiger partial charge in [0.1, 0.15) is 12.0 Å². The highest BCUT2D eigenvalue weighted by Crippen LogP contribution is 2.30. The number of hydrogen-bond acceptors (Lipinski definition) is 7. The fraction of sp³-hybridized carbons (Fsp3) is 0.450. The van der Waals surface area contributed by atoms with E-state index in [1.54, 1.807) is 36.7 Å². The number of aromatic nitrogens is 2. The predicted molar refractivity (Wildman–Crippen MR) is 102 cm³/mol. The molecule has 0 bridgehead atoms. The molecule has 2 aliphatic heterocycles. The SMILES string of the molecule is O=Cc1ccc(Oc2nccnc2N2CCC(N3CCOCC3)CC2)cc1. The Labute approximate surface area is 158 Å². The first-order valence-electron chi connectivity index (χ1n) is 9.44. The van der Waals surface area contributed by atoms with Gasteiger partial charge >= 0.3 is 0 Å². The first-order valence-corrected chi connectivity index (χ1v) is 9.44. The standard InChI is InChI=1S/C20H24N4O3/c25-15-16-1-3-18(4-2-16)27-20-19(21-7-8-22-20)24-9-5-17(6-10-24)23-11-13-26-14-12-23/h1-4,7-8,15,17H,5-6,9-14H2. The first-order chi connectivity index (χ1) is 13.3. The van der Waals surface area contributed by atoms with E-state index in [2.05, 4.69) is 19.8 Å². The lowest BCUT2D eigenvalue weighted by Gasteiger charge is -2.40. The lowest BCUT2D eigenvalue weighted by atomic mass is 10.0. The molecule has 2 fully saturated rings. The van der Waals surface area contributed by atoms with Gasteiger partial charge in [0.05, 0.1) is 13.2 Å². The number of carbonyl (C=O) groups is 1. The number of rotatable bonds is 5. The van der Waals surface area contributed by atoms with Crippen LogP contribution in [0.1, 0.15) is 23.2 Å². The minimum Gasteiger partial charge on any atom is -0.436 e. The second-order valence-electron chi connectivity index (χ2n) is 6.84. The Morgan fingerprint density at radius 3 is 2.41 bits per heavy atom. The number of nitrogens with zero attached hydrogens (tertiary/aromatic N) is 4. The van der Waals surface area contributed by atoms with Gasteiger partial charge in [-0.05, 0) is 37.1 Å². The summed E-state index contributed by atoms with van der Waals surface area (Å²) in [4.78, 5) is 24.5. The Kier molecular flexibility index (Phi) is 5.60. The molecule has 0 atom stereocenters. The maximum absolute atomic E-state index is 10.8. The van der Waals surface area contributed by atoms with E-state index in [0.29, 0.717) is 23.2 Å². The molecule has 2 saturated heterocycles. The van der Waals surface area contributed by atoms with E-state index in [-0.39, 0.29) is 0 Å². The average Bonchev–Trinajstić information content (AvgIpc) is 2.75. The van der Waals surface area contributed by atoms with Crippen LogP contribution in [0.15, 0.2) is 36.7 Å². The summed E-state index contributed by atoms with van der Waals surface area (Å²) in [6, 6.07) is 7.61. The van der Waals surface area contributed by atoms with Crippen molar-refractivity contribution in [1.29, 1.82) is 0 Å². The van der Waals surface area contributed by atoms with Crippen LogP contribution < -0.4 is 9.64 Å². The van der Waals surface area contributed by atoms with E-state index in [1.165, 1.54) is 0 Å². The van der Waals surface area contributed by atoms with Gasteiger partial charge in [-0.15, -0.1) is 0 Å².